The number of amides is 1. The van der Waals surface area contributed by atoms with Crippen LogP contribution in [0.15, 0.2) is 36.9 Å². The first-order valence-corrected chi connectivity index (χ1v) is 7.04. The maximum Gasteiger partial charge on any atom is 0.411 e. The molecule has 1 aromatic carbocycles. The number of carbonyl (C=O) groups excluding carboxylic acids is 2. The van der Waals surface area contributed by atoms with E-state index in [4.69, 9.17) is 4.74 Å². The van der Waals surface area contributed by atoms with Gasteiger partial charge >= 0.3 is 6.09 Å². The molecule has 0 aliphatic carbocycles. The normalized spacial score (nSPS) is 11.3. The van der Waals surface area contributed by atoms with Crippen molar-refractivity contribution in [1.82, 2.24) is 0 Å². The Morgan fingerprint density at radius 1 is 1.50 bits per heavy atom. The highest BCUT2D eigenvalue weighted by Crippen LogP contribution is 2.20. The fourth-order valence-electron chi connectivity index (χ4n) is 1.46. The first-order valence-electron chi connectivity index (χ1n) is 5.92. The monoisotopic (exact) mass is 341 g/mol. The molecule has 0 fully saturated rings. The zero-order valence-electron chi connectivity index (χ0n) is 11.1. The van der Waals surface area contributed by atoms with Crippen molar-refractivity contribution in [3.05, 3.63) is 36.9 Å². The van der Waals surface area contributed by atoms with Gasteiger partial charge in [0.25, 0.3) is 0 Å². The first-order chi connectivity index (χ1) is 9.60. The van der Waals surface area contributed by atoms with Gasteiger partial charge in [0.15, 0.2) is 11.9 Å². The van der Waals surface area contributed by atoms with Crippen molar-refractivity contribution in [3.63, 3.8) is 0 Å². The van der Waals surface area contributed by atoms with Gasteiger partial charge in [-0.3, -0.25) is 10.1 Å². The van der Waals surface area contributed by atoms with Crippen molar-refractivity contribution in [2.24, 2.45) is 0 Å². The lowest BCUT2D eigenvalue weighted by Crippen LogP contribution is -2.27. The van der Waals surface area contributed by atoms with Crippen LogP contribution in [0.25, 0.3) is 0 Å². The number of ether oxygens (including phenoxy) is 2. The Hall–Kier alpha value is -1.82. The number of methoxy groups -OCH3 is 1. The van der Waals surface area contributed by atoms with Gasteiger partial charge in [-0.05, 0) is 12.1 Å². The largest absolute Gasteiger partial charge is 0.482 e. The van der Waals surface area contributed by atoms with Crippen LogP contribution in [0, 0.1) is 0 Å². The van der Waals surface area contributed by atoms with E-state index >= 15 is 0 Å². The average Bonchev–Trinajstić information content (AvgIpc) is 2.46. The average molecular weight is 342 g/mol. The summed E-state index contributed by atoms with van der Waals surface area (Å²) < 4.78 is 10.1. The van der Waals surface area contributed by atoms with Gasteiger partial charge in [0.05, 0.1) is 12.4 Å². The molecular weight excluding hydrogens is 326 g/mol. The quantitative estimate of drug-likeness (QED) is 0.611. The maximum atomic E-state index is 11.7. The van der Waals surface area contributed by atoms with Gasteiger partial charge in [-0.2, -0.15) is 0 Å². The third-order valence-corrected chi connectivity index (χ3v) is 2.97. The molecule has 108 valence electrons. The number of hydrogen-bond donors (Lipinski definition) is 1. The van der Waals surface area contributed by atoms with E-state index in [0.717, 1.165) is 0 Å². The summed E-state index contributed by atoms with van der Waals surface area (Å²) in [6.07, 6.45) is 0.877. The maximum absolute atomic E-state index is 11.7. The van der Waals surface area contributed by atoms with E-state index in [0.29, 0.717) is 17.9 Å². The lowest BCUT2D eigenvalue weighted by molar-refractivity contribution is -0.122. The molecule has 0 saturated heterocycles. The van der Waals surface area contributed by atoms with Gasteiger partial charge in [0.1, 0.15) is 5.75 Å². The molecule has 1 rings (SSSR count). The highest BCUT2D eigenvalue weighted by molar-refractivity contribution is 9.09. The molecule has 1 unspecified atom stereocenters. The van der Waals surface area contributed by atoms with Crippen molar-refractivity contribution < 1.29 is 19.1 Å². The second-order valence-corrected chi connectivity index (χ2v) is 4.44. The standard InChI is InChI=1S/C14H16BrNO4/c1-3-5-13(12(17)9-15)20-11-7-4-6-10(8-11)16-14(18)19-2/h3-4,6-8,13H,1,5,9H2,2H3,(H,16,18). The number of Topliss-reactive ketones (excluding diaryl/α,β-unsaturated/α-hetero) is 1. The van der Waals surface area contributed by atoms with Gasteiger partial charge in [-0.15, -0.1) is 6.58 Å². The van der Waals surface area contributed by atoms with Crippen LogP contribution in [-0.2, 0) is 9.53 Å². The summed E-state index contributed by atoms with van der Waals surface area (Å²) in [6.45, 7) is 3.61. The number of carbonyl (C=O) groups is 2. The number of anilines is 1. The molecule has 5 nitrogen and oxygen atoms in total. The molecule has 0 radical (unpaired) electrons. The van der Waals surface area contributed by atoms with Crippen LogP contribution in [-0.4, -0.2) is 30.4 Å². The van der Waals surface area contributed by atoms with Gasteiger partial charge in [0, 0.05) is 18.2 Å². The van der Waals surface area contributed by atoms with Crippen molar-refractivity contribution in [1.29, 1.82) is 0 Å². The molecule has 0 aromatic heterocycles. The third kappa shape index (κ3) is 5.05. The molecule has 1 amide bonds. The van der Waals surface area contributed by atoms with E-state index in [2.05, 4.69) is 32.6 Å². The number of halogens is 1. The molecule has 1 N–H and O–H groups in total. The van der Waals surface area contributed by atoms with E-state index in [1.54, 1.807) is 30.3 Å². The van der Waals surface area contributed by atoms with Crippen molar-refractivity contribution in [2.75, 3.05) is 17.8 Å². The summed E-state index contributed by atoms with van der Waals surface area (Å²) in [5.41, 5.74) is 0.526. The van der Waals surface area contributed by atoms with Crippen molar-refractivity contribution >= 4 is 33.5 Å². The number of alkyl halides is 1. The summed E-state index contributed by atoms with van der Waals surface area (Å²) in [7, 11) is 1.28. The number of hydrogen-bond acceptors (Lipinski definition) is 4. The minimum Gasteiger partial charge on any atom is -0.482 e. The number of rotatable bonds is 7. The number of ketones is 1. The molecule has 1 atom stereocenters. The van der Waals surface area contributed by atoms with E-state index in [1.807, 2.05) is 0 Å². The van der Waals surface area contributed by atoms with Gasteiger partial charge < -0.3 is 9.47 Å². The predicted octanol–water partition coefficient (Wildman–Crippen LogP) is 3.15. The molecule has 20 heavy (non-hydrogen) atoms. The van der Waals surface area contributed by atoms with Gasteiger partial charge in [-0.25, -0.2) is 4.79 Å². The second-order valence-electron chi connectivity index (χ2n) is 3.88. The van der Waals surface area contributed by atoms with Crippen LogP contribution in [0.5, 0.6) is 5.75 Å². The van der Waals surface area contributed by atoms with Crippen LogP contribution in [0.3, 0.4) is 0 Å². The minimum absolute atomic E-state index is 0.0729. The molecule has 0 aliphatic heterocycles. The molecule has 6 heteroatoms. The Bertz CT molecular complexity index is 490. The summed E-state index contributed by atoms with van der Waals surface area (Å²) in [4.78, 5) is 22.8. The van der Waals surface area contributed by atoms with Crippen molar-refractivity contribution in [3.8, 4) is 5.75 Å². The van der Waals surface area contributed by atoms with Crippen molar-refractivity contribution in [2.45, 2.75) is 12.5 Å². The molecule has 1 aromatic rings. The molecule has 0 aliphatic rings. The summed E-state index contributed by atoms with van der Waals surface area (Å²) in [6, 6.07) is 6.73. The zero-order valence-corrected chi connectivity index (χ0v) is 12.7. The van der Waals surface area contributed by atoms with E-state index in [9.17, 15) is 9.59 Å². The molecule has 0 bridgehead atoms. The Morgan fingerprint density at radius 3 is 2.85 bits per heavy atom. The molecular formula is C14H16BrNO4. The lowest BCUT2D eigenvalue weighted by Gasteiger charge is -2.16. The first kappa shape index (κ1) is 16.2. The molecule has 0 spiro atoms. The fraction of sp³-hybridized carbons (Fsp3) is 0.286. The SMILES string of the molecule is C=CCC(Oc1cccc(NC(=O)OC)c1)C(=O)CBr. The highest BCUT2D eigenvalue weighted by atomic mass is 79.9. The van der Waals surface area contributed by atoms with Crippen LogP contribution in [0.4, 0.5) is 10.5 Å². The number of nitrogens with one attached hydrogen (secondary N) is 1. The fourth-order valence-corrected chi connectivity index (χ4v) is 1.82. The van der Waals surface area contributed by atoms with Crippen LogP contribution in [0.2, 0.25) is 0 Å². The molecule has 0 heterocycles. The highest BCUT2D eigenvalue weighted by Gasteiger charge is 2.17. The van der Waals surface area contributed by atoms with Crippen LogP contribution < -0.4 is 10.1 Å². The zero-order chi connectivity index (χ0) is 15.0. The number of benzene rings is 1. The Kier molecular flexibility index (Phi) is 6.79. The summed E-state index contributed by atoms with van der Waals surface area (Å²) in [5, 5.41) is 2.74. The van der Waals surface area contributed by atoms with Crippen LogP contribution >= 0.6 is 15.9 Å². The third-order valence-electron chi connectivity index (χ3n) is 2.42. The van der Waals surface area contributed by atoms with Gasteiger partial charge in [-0.1, -0.05) is 28.1 Å². The smallest absolute Gasteiger partial charge is 0.411 e. The Labute approximate surface area is 126 Å². The van der Waals surface area contributed by atoms with Gasteiger partial charge in [0.2, 0.25) is 0 Å². The van der Waals surface area contributed by atoms with E-state index in [-0.39, 0.29) is 11.1 Å². The topological polar surface area (TPSA) is 64.6 Å². The van der Waals surface area contributed by atoms with E-state index < -0.39 is 12.2 Å². The summed E-state index contributed by atoms with van der Waals surface area (Å²) in [5.74, 6) is 0.413. The predicted molar refractivity (Wildman–Crippen MR) is 80.5 cm³/mol. The lowest BCUT2D eigenvalue weighted by atomic mass is 10.2. The van der Waals surface area contributed by atoms with E-state index in [1.165, 1.54) is 7.11 Å². The van der Waals surface area contributed by atoms with Crippen LogP contribution in [0.1, 0.15) is 6.42 Å². The Morgan fingerprint density at radius 2 is 2.25 bits per heavy atom. The summed E-state index contributed by atoms with van der Waals surface area (Å²) >= 11 is 3.12. The second kappa shape index (κ2) is 8.37. The Balaban J connectivity index is 2.79. The molecule has 0 saturated carbocycles. The minimum atomic E-state index is -0.597.